The smallest absolute Gasteiger partial charge is 0.656 e. The SMILES string of the molecule is Cc1cccc(C)c1-c1ccc2c(c1)c1ccc(-c3cccc4c3nc(-c3cccc5c3[n-]c3ccccc35)n4-c3ccccc3)[c-]c1n2-c1cc(C(F)(F)F)ccn1.[Pt+2]. The summed E-state index contributed by atoms with van der Waals surface area (Å²) in [6, 6.07) is 52.8. The maximum Gasteiger partial charge on any atom is 2.00 e. The topological polar surface area (TPSA) is 49.7 Å². The predicted molar refractivity (Wildman–Crippen MR) is 231 cm³/mol. The number of fused-ring (bicyclic) bond motifs is 7. The number of halogens is 3. The van der Waals surface area contributed by atoms with Crippen molar-refractivity contribution in [3.05, 3.63) is 181 Å². The van der Waals surface area contributed by atoms with Gasteiger partial charge >= 0.3 is 27.2 Å². The second-order valence-electron chi connectivity index (χ2n) is 15.0. The maximum absolute atomic E-state index is 14.1. The number of benzene rings is 7. The molecule has 9 heteroatoms. The van der Waals surface area contributed by atoms with Gasteiger partial charge in [-0.3, -0.25) is 4.57 Å². The molecule has 0 saturated heterocycles. The first-order valence-electron chi connectivity index (χ1n) is 19.4. The van der Waals surface area contributed by atoms with Gasteiger partial charge in [0.25, 0.3) is 0 Å². The second-order valence-corrected chi connectivity index (χ2v) is 15.0. The first-order chi connectivity index (χ1) is 28.7. The van der Waals surface area contributed by atoms with Crippen LogP contribution in [-0.4, -0.2) is 19.1 Å². The Balaban J connectivity index is 0.00000433. The van der Waals surface area contributed by atoms with Gasteiger partial charge in [-0.1, -0.05) is 114 Å². The van der Waals surface area contributed by atoms with Crippen LogP contribution in [0.5, 0.6) is 0 Å². The van der Waals surface area contributed by atoms with Gasteiger partial charge in [0.1, 0.15) is 11.6 Å². The van der Waals surface area contributed by atoms with E-state index in [0.717, 1.165) is 112 Å². The molecule has 0 aliphatic heterocycles. The summed E-state index contributed by atoms with van der Waals surface area (Å²) in [6.07, 6.45) is -3.32. The van der Waals surface area contributed by atoms with E-state index in [1.165, 1.54) is 6.20 Å². The fourth-order valence-corrected chi connectivity index (χ4v) is 8.80. The monoisotopic (exact) mass is 966 g/mol. The van der Waals surface area contributed by atoms with Gasteiger partial charge in [-0.25, -0.2) is 9.97 Å². The molecule has 0 saturated carbocycles. The Morgan fingerprint density at radius 2 is 1.35 bits per heavy atom. The number of hydrogen-bond donors (Lipinski definition) is 0. The fourth-order valence-electron chi connectivity index (χ4n) is 8.80. The number of imidazole rings is 1. The Labute approximate surface area is 357 Å². The number of alkyl halides is 3. The van der Waals surface area contributed by atoms with E-state index in [1.54, 1.807) is 4.57 Å². The van der Waals surface area contributed by atoms with Crippen LogP contribution < -0.4 is 4.98 Å². The standard InChI is InChI=1S/C51H32F3N5.Pt/c1-30-11-8-12-31(2)47(30)33-22-24-43-41(27-33)38-23-21-32(28-45(38)59(43)46-29-34(25-26-55-46)51(52,53)54)36-16-10-20-44-49(36)57-50(58(44)35-13-4-3-5-14-35)40-18-9-17-39-37-15-6-7-19-42(37)56-48(39)40;/h3-27,29H,1-2H3;/q-2;+2. The average molecular weight is 967 g/mol. The number of hydrogen-bond acceptors (Lipinski definition) is 2. The quantitative estimate of drug-likeness (QED) is 0.162. The van der Waals surface area contributed by atoms with E-state index in [0.29, 0.717) is 5.52 Å². The largest absolute Gasteiger partial charge is 2.00 e. The predicted octanol–water partition coefficient (Wildman–Crippen LogP) is 13.2. The molecule has 0 radical (unpaired) electrons. The van der Waals surface area contributed by atoms with E-state index < -0.39 is 11.7 Å². The molecule has 0 aliphatic carbocycles. The van der Waals surface area contributed by atoms with E-state index in [-0.39, 0.29) is 26.9 Å². The van der Waals surface area contributed by atoms with Gasteiger partial charge in [-0.15, -0.1) is 34.8 Å². The number of pyridine rings is 1. The van der Waals surface area contributed by atoms with E-state index >= 15 is 0 Å². The van der Waals surface area contributed by atoms with Crippen LogP contribution in [0, 0.1) is 19.9 Å². The molecule has 5 nitrogen and oxygen atoms in total. The van der Waals surface area contributed by atoms with Crippen molar-refractivity contribution in [2.45, 2.75) is 20.0 Å². The molecule has 7 aromatic carbocycles. The van der Waals surface area contributed by atoms with Crippen LogP contribution in [0.25, 0.3) is 99.8 Å². The molecule has 11 rings (SSSR count). The minimum atomic E-state index is -4.54. The average Bonchev–Trinajstić information content (AvgIpc) is 3.93. The molecule has 0 atom stereocenters. The zero-order valence-electron chi connectivity index (χ0n) is 32.2. The Bertz CT molecular complexity index is 3450. The van der Waals surface area contributed by atoms with E-state index in [1.807, 2.05) is 78.9 Å². The van der Waals surface area contributed by atoms with Crippen LogP contribution in [0.2, 0.25) is 0 Å². The Morgan fingerprint density at radius 1 is 0.617 bits per heavy atom. The minimum absolute atomic E-state index is 0. The zero-order valence-corrected chi connectivity index (χ0v) is 34.5. The fraction of sp³-hybridized carbons (Fsp3) is 0.0588. The Kier molecular flexibility index (Phi) is 8.88. The van der Waals surface area contributed by atoms with E-state index in [4.69, 9.17) is 9.97 Å². The van der Waals surface area contributed by atoms with Gasteiger partial charge < -0.3 is 9.55 Å². The van der Waals surface area contributed by atoms with Crippen molar-refractivity contribution in [1.29, 1.82) is 0 Å². The summed E-state index contributed by atoms with van der Waals surface area (Å²) in [5.41, 5.74) is 11.9. The molecule has 0 N–H and O–H groups in total. The molecule has 11 aromatic rings. The normalized spacial score (nSPS) is 11.9. The van der Waals surface area contributed by atoms with Crippen molar-refractivity contribution in [3.63, 3.8) is 0 Å². The van der Waals surface area contributed by atoms with Crippen molar-refractivity contribution in [1.82, 2.24) is 24.1 Å². The van der Waals surface area contributed by atoms with Gasteiger partial charge in [0, 0.05) is 23.0 Å². The third kappa shape index (κ3) is 5.88. The molecular weight excluding hydrogens is 935 g/mol. The molecule has 0 spiro atoms. The third-order valence-corrected chi connectivity index (χ3v) is 11.4. The maximum atomic E-state index is 14.1. The van der Waals surface area contributed by atoms with Crippen molar-refractivity contribution in [2.75, 3.05) is 0 Å². The van der Waals surface area contributed by atoms with Crippen molar-refractivity contribution < 1.29 is 34.2 Å². The number of para-hydroxylation sites is 4. The second kappa shape index (κ2) is 14.2. The summed E-state index contributed by atoms with van der Waals surface area (Å²) in [7, 11) is 0. The summed E-state index contributed by atoms with van der Waals surface area (Å²) in [5.74, 6) is 0.902. The summed E-state index contributed by atoms with van der Waals surface area (Å²) in [4.78, 5) is 15.0. The van der Waals surface area contributed by atoms with Gasteiger partial charge in [-0.2, -0.15) is 13.2 Å². The first-order valence-corrected chi connectivity index (χ1v) is 19.4. The number of nitrogens with zero attached hydrogens (tertiary/aromatic N) is 5. The van der Waals surface area contributed by atoms with E-state index in [2.05, 4.69) is 90.1 Å². The van der Waals surface area contributed by atoms with E-state index in [9.17, 15) is 13.2 Å². The van der Waals surface area contributed by atoms with Crippen LogP contribution in [0.15, 0.2) is 158 Å². The molecule has 0 fully saturated rings. The molecule has 0 aliphatic rings. The molecule has 0 bridgehead atoms. The molecule has 292 valence electrons. The number of rotatable bonds is 5. The van der Waals surface area contributed by atoms with Crippen LogP contribution in [0.1, 0.15) is 16.7 Å². The van der Waals surface area contributed by atoms with Gasteiger partial charge in [0.15, 0.2) is 0 Å². The van der Waals surface area contributed by atoms with Gasteiger partial charge in [-0.05, 0) is 94.2 Å². The minimum Gasteiger partial charge on any atom is -0.656 e. The summed E-state index contributed by atoms with van der Waals surface area (Å²) >= 11 is 0. The van der Waals surface area contributed by atoms with Crippen molar-refractivity contribution in [2.24, 2.45) is 0 Å². The third-order valence-electron chi connectivity index (χ3n) is 11.4. The molecular formula is C51H32F3N5Pt. The van der Waals surface area contributed by atoms with Crippen molar-refractivity contribution in [3.8, 4) is 45.1 Å². The Hall–Kier alpha value is -6.76. The van der Waals surface area contributed by atoms with Gasteiger partial charge in [0.2, 0.25) is 0 Å². The zero-order chi connectivity index (χ0) is 40.0. The van der Waals surface area contributed by atoms with Crippen molar-refractivity contribution >= 4 is 54.6 Å². The molecule has 0 amide bonds. The number of aryl methyl sites for hydroxylation is 2. The number of aromatic nitrogens is 5. The first kappa shape index (κ1) is 37.5. The molecule has 4 heterocycles. The summed E-state index contributed by atoms with van der Waals surface area (Å²) in [5, 5.41) is 3.88. The molecule has 0 unspecified atom stereocenters. The van der Waals surface area contributed by atoms with Crippen LogP contribution in [0.4, 0.5) is 13.2 Å². The van der Waals surface area contributed by atoms with Crippen LogP contribution in [-0.2, 0) is 27.2 Å². The molecule has 60 heavy (non-hydrogen) atoms. The Morgan fingerprint density at radius 3 is 2.17 bits per heavy atom. The molecule has 4 aromatic heterocycles. The summed E-state index contributed by atoms with van der Waals surface area (Å²) < 4.78 is 46.4. The van der Waals surface area contributed by atoms with Crippen LogP contribution in [0.3, 0.4) is 0 Å². The van der Waals surface area contributed by atoms with Gasteiger partial charge in [0.05, 0.1) is 16.6 Å². The summed E-state index contributed by atoms with van der Waals surface area (Å²) in [6.45, 7) is 4.18. The van der Waals surface area contributed by atoms with Crippen LogP contribution >= 0.6 is 0 Å².